The third kappa shape index (κ3) is 4.73. The van der Waals surface area contributed by atoms with Crippen LogP contribution in [0.25, 0.3) is 6.08 Å². The Morgan fingerprint density at radius 1 is 1.15 bits per heavy atom. The van der Waals surface area contributed by atoms with Gasteiger partial charge in [0.25, 0.3) is 5.69 Å². The van der Waals surface area contributed by atoms with Crippen molar-refractivity contribution in [3.8, 4) is 17.2 Å². The number of esters is 1. The number of nitrogens with zero attached hydrogens (tertiary/aromatic N) is 1. The molecule has 0 aliphatic carbocycles. The summed E-state index contributed by atoms with van der Waals surface area (Å²) in [4.78, 5) is 22.2. The first-order chi connectivity index (χ1) is 12.4. The molecule has 0 saturated carbocycles. The smallest absolute Gasteiger partial charge is 0.331 e. The summed E-state index contributed by atoms with van der Waals surface area (Å²) < 4.78 is 15.2. The highest BCUT2D eigenvalue weighted by Gasteiger charge is 2.12. The van der Waals surface area contributed by atoms with Gasteiger partial charge in [0.1, 0.15) is 12.4 Å². The van der Waals surface area contributed by atoms with Crippen molar-refractivity contribution >= 4 is 17.7 Å². The number of phenols is 1. The molecular formula is C18H17NO7. The molecule has 0 aliphatic heterocycles. The monoisotopic (exact) mass is 359 g/mol. The molecule has 26 heavy (non-hydrogen) atoms. The Kier molecular flexibility index (Phi) is 6.15. The van der Waals surface area contributed by atoms with Gasteiger partial charge >= 0.3 is 5.97 Å². The number of benzene rings is 2. The number of carbonyl (C=O) groups excluding carboxylic acids is 1. The summed E-state index contributed by atoms with van der Waals surface area (Å²) in [6.07, 6.45) is 2.70. The third-order valence-electron chi connectivity index (χ3n) is 3.46. The number of carbonyl (C=O) groups is 1. The quantitative estimate of drug-likeness (QED) is 0.350. The molecule has 0 aliphatic rings. The van der Waals surface area contributed by atoms with Gasteiger partial charge < -0.3 is 19.3 Å². The molecule has 0 spiro atoms. The first kappa shape index (κ1) is 18.8. The molecule has 0 aromatic heterocycles. The van der Waals surface area contributed by atoms with E-state index in [1.165, 1.54) is 50.6 Å². The molecule has 136 valence electrons. The minimum absolute atomic E-state index is 0.00927. The summed E-state index contributed by atoms with van der Waals surface area (Å²) in [7, 11) is 2.84. The lowest BCUT2D eigenvalue weighted by Gasteiger charge is -2.08. The van der Waals surface area contributed by atoms with Gasteiger partial charge in [0, 0.05) is 23.8 Å². The lowest BCUT2D eigenvalue weighted by molar-refractivity contribution is -0.385. The summed E-state index contributed by atoms with van der Waals surface area (Å²) >= 11 is 0. The number of ether oxygens (including phenoxy) is 3. The molecule has 1 N–H and O–H groups in total. The van der Waals surface area contributed by atoms with Gasteiger partial charge in [0.05, 0.1) is 19.1 Å². The van der Waals surface area contributed by atoms with Crippen molar-refractivity contribution in [2.24, 2.45) is 0 Å². The van der Waals surface area contributed by atoms with Crippen molar-refractivity contribution in [3.63, 3.8) is 0 Å². The minimum Gasteiger partial charge on any atom is -0.504 e. The number of non-ortho nitro benzene ring substituents is 1. The molecule has 0 fully saturated rings. The summed E-state index contributed by atoms with van der Waals surface area (Å²) in [6.45, 7) is -0.174. The zero-order valence-electron chi connectivity index (χ0n) is 14.2. The Bertz CT molecular complexity index is 845. The standard InChI is InChI=1S/C18H17NO7/c1-24-16-7-5-14(19(22)23)10-13(16)11-26-18(21)8-4-12-3-6-15(20)17(9-12)25-2/h3-10,20H,11H2,1-2H3/b8-4+. The van der Waals surface area contributed by atoms with Gasteiger partial charge in [0.2, 0.25) is 0 Å². The van der Waals surface area contributed by atoms with Crippen LogP contribution in [0.3, 0.4) is 0 Å². The Morgan fingerprint density at radius 3 is 2.54 bits per heavy atom. The Balaban J connectivity index is 2.04. The number of methoxy groups -OCH3 is 2. The van der Waals surface area contributed by atoms with Gasteiger partial charge in [-0.1, -0.05) is 6.07 Å². The highest BCUT2D eigenvalue weighted by atomic mass is 16.6. The van der Waals surface area contributed by atoms with Crippen molar-refractivity contribution in [2.45, 2.75) is 6.61 Å². The van der Waals surface area contributed by atoms with Crippen molar-refractivity contribution in [1.82, 2.24) is 0 Å². The summed E-state index contributed by atoms with van der Waals surface area (Å²) in [5.74, 6) is 0.0214. The van der Waals surface area contributed by atoms with Gasteiger partial charge in [-0.2, -0.15) is 0 Å². The van der Waals surface area contributed by atoms with E-state index >= 15 is 0 Å². The molecule has 2 aromatic carbocycles. The molecule has 2 rings (SSSR count). The first-order valence-electron chi connectivity index (χ1n) is 7.47. The second-order valence-electron chi connectivity index (χ2n) is 5.13. The highest BCUT2D eigenvalue weighted by Crippen LogP contribution is 2.27. The first-order valence-corrected chi connectivity index (χ1v) is 7.47. The number of nitro groups is 1. The molecule has 8 nitrogen and oxygen atoms in total. The van der Waals surface area contributed by atoms with E-state index in [2.05, 4.69) is 0 Å². The maximum atomic E-state index is 11.9. The summed E-state index contributed by atoms with van der Waals surface area (Å²) in [6, 6.07) is 8.65. The third-order valence-corrected chi connectivity index (χ3v) is 3.46. The van der Waals surface area contributed by atoms with Crippen LogP contribution < -0.4 is 9.47 Å². The van der Waals surface area contributed by atoms with Crippen molar-refractivity contribution in [3.05, 3.63) is 63.7 Å². The van der Waals surface area contributed by atoms with Crippen molar-refractivity contribution in [2.75, 3.05) is 14.2 Å². The lowest BCUT2D eigenvalue weighted by atomic mass is 10.2. The number of rotatable bonds is 7. The SMILES string of the molecule is COc1cc(/C=C/C(=O)OCc2cc([N+](=O)[O-])ccc2OC)ccc1O. The number of hydrogen-bond acceptors (Lipinski definition) is 7. The van der Waals surface area contributed by atoms with Crippen LogP contribution in [-0.4, -0.2) is 30.2 Å². The predicted molar refractivity (Wildman–Crippen MR) is 93.1 cm³/mol. The second kappa shape index (κ2) is 8.52. The largest absolute Gasteiger partial charge is 0.504 e. The fourth-order valence-electron chi connectivity index (χ4n) is 2.15. The minimum atomic E-state index is -0.634. The molecule has 8 heteroatoms. The second-order valence-corrected chi connectivity index (χ2v) is 5.13. The zero-order valence-corrected chi connectivity index (χ0v) is 14.2. The van der Waals surface area contributed by atoms with Gasteiger partial charge in [-0.15, -0.1) is 0 Å². The van der Waals surface area contributed by atoms with E-state index in [1.54, 1.807) is 12.1 Å². The number of phenolic OH excluding ortho intramolecular Hbond substituents is 1. The molecule has 0 atom stereocenters. The van der Waals surface area contributed by atoms with E-state index in [-0.39, 0.29) is 23.8 Å². The van der Waals surface area contributed by atoms with E-state index in [9.17, 15) is 20.0 Å². The van der Waals surface area contributed by atoms with Crippen LogP contribution in [0.1, 0.15) is 11.1 Å². The van der Waals surface area contributed by atoms with Crippen LogP contribution in [0.5, 0.6) is 17.2 Å². The van der Waals surface area contributed by atoms with E-state index in [4.69, 9.17) is 14.2 Å². The molecule has 0 unspecified atom stereocenters. The zero-order chi connectivity index (χ0) is 19.1. The van der Waals surface area contributed by atoms with Crippen LogP contribution >= 0.6 is 0 Å². The van der Waals surface area contributed by atoms with Gasteiger partial charge in [-0.3, -0.25) is 10.1 Å². The lowest BCUT2D eigenvalue weighted by Crippen LogP contribution is -2.03. The molecule has 0 heterocycles. The molecule has 0 bridgehead atoms. The highest BCUT2D eigenvalue weighted by molar-refractivity contribution is 5.87. The molecule has 2 aromatic rings. The molecular weight excluding hydrogens is 342 g/mol. The van der Waals surface area contributed by atoms with Gasteiger partial charge in [-0.25, -0.2) is 4.79 Å². The van der Waals surface area contributed by atoms with Crippen molar-refractivity contribution in [1.29, 1.82) is 0 Å². The normalized spacial score (nSPS) is 10.5. The molecule has 0 saturated heterocycles. The van der Waals surface area contributed by atoms with Crippen LogP contribution in [0.2, 0.25) is 0 Å². The van der Waals surface area contributed by atoms with Crippen LogP contribution in [-0.2, 0) is 16.1 Å². The maximum absolute atomic E-state index is 11.9. The Hall–Kier alpha value is -3.55. The summed E-state index contributed by atoms with van der Waals surface area (Å²) in [5.41, 5.74) is 0.892. The van der Waals surface area contributed by atoms with E-state index in [1.807, 2.05) is 0 Å². The number of nitro benzene ring substituents is 1. The Morgan fingerprint density at radius 2 is 1.88 bits per heavy atom. The van der Waals surface area contributed by atoms with Gasteiger partial charge in [-0.05, 0) is 29.8 Å². The molecule has 0 radical (unpaired) electrons. The summed E-state index contributed by atoms with van der Waals surface area (Å²) in [5, 5.41) is 20.4. The van der Waals surface area contributed by atoms with Crippen LogP contribution in [0, 0.1) is 10.1 Å². The predicted octanol–water partition coefficient (Wildman–Crippen LogP) is 3.07. The average molecular weight is 359 g/mol. The van der Waals surface area contributed by atoms with Crippen LogP contribution in [0.15, 0.2) is 42.5 Å². The van der Waals surface area contributed by atoms with Crippen LogP contribution in [0.4, 0.5) is 5.69 Å². The van der Waals surface area contributed by atoms with Crippen molar-refractivity contribution < 1.29 is 29.0 Å². The van der Waals surface area contributed by atoms with E-state index in [0.29, 0.717) is 16.9 Å². The number of aromatic hydroxyl groups is 1. The number of hydrogen-bond donors (Lipinski definition) is 1. The van der Waals surface area contributed by atoms with E-state index < -0.39 is 10.9 Å². The average Bonchev–Trinajstić information content (AvgIpc) is 2.65. The Labute approximate surface area is 149 Å². The molecule has 0 amide bonds. The topological polar surface area (TPSA) is 108 Å². The van der Waals surface area contributed by atoms with Gasteiger partial charge in [0.15, 0.2) is 11.5 Å². The maximum Gasteiger partial charge on any atom is 0.331 e. The fraction of sp³-hybridized carbons (Fsp3) is 0.167. The fourth-order valence-corrected chi connectivity index (χ4v) is 2.15. The van der Waals surface area contributed by atoms with E-state index in [0.717, 1.165) is 0 Å².